The number of phenols is 1. The van der Waals surface area contributed by atoms with Crippen LogP contribution in [-0.4, -0.2) is 30.4 Å². The highest BCUT2D eigenvalue weighted by Gasteiger charge is 2.02. The molecule has 24 heavy (non-hydrogen) atoms. The van der Waals surface area contributed by atoms with Gasteiger partial charge in [0.05, 0.1) is 19.4 Å². The van der Waals surface area contributed by atoms with Crippen molar-refractivity contribution in [2.45, 2.75) is 13.8 Å². The molecule has 0 radical (unpaired) electrons. The monoisotopic (exact) mass is 327 g/mol. The van der Waals surface area contributed by atoms with Crippen LogP contribution in [0.2, 0.25) is 0 Å². The zero-order valence-electron chi connectivity index (χ0n) is 13.7. The molecule has 2 rings (SSSR count). The Bertz CT molecular complexity index is 712. The minimum absolute atomic E-state index is 0.0386. The van der Waals surface area contributed by atoms with Crippen molar-refractivity contribution in [2.75, 3.05) is 18.5 Å². The third-order valence-corrected chi connectivity index (χ3v) is 3.21. The highest BCUT2D eigenvalue weighted by atomic mass is 16.5. The second-order valence-electron chi connectivity index (χ2n) is 5.17. The number of anilines is 1. The Hall–Kier alpha value is -3.02. The van der Waals surface area contributed by atoms with Gasteiger partial charge < -0.3 is 15.2 Å². The zero-order valence-corrected chi connectivity index (χ0v) is 13.7. The summed E-state index contributed by atoms with van der Waals surface area (Å²) >= 11 is 0. The van der Waals surface area contributed by atoms with Gasteiger partial charge in [-0.2, -0.15) is 5.10 Å². The number of nitrogens with one attached hydrogen (secondary N) is 2. The molecular weight excluding hydrogens is 306 g/mol. The van der Waals surface area contributed by atoms with E-state index in [0.717, 1.165) is 11.3 Å². The van der Waals surface area contributed by atoms with Gasteiger partial charge >= 0.3 is 0 Å². The Labute approximate surface area is 141 Å². The molecule has 3 N–H and O–H groups in total. The van der Waals surface area contributed by atoms with E-state index in [0.29, 0.717) is 17.9 Å². The van der Waals surface area contributed by atoms with Crippen molar-refractivity contribution in [2.24, 2.45) is 5.10 Å². The lowest BCUT2D eigenvalue weighted by Crippen LogP contribution is -2.25. The first-order valence-electron chi connectivity index (χ1n) is 7.66. The molecule has 0 aliphatic carbocycles. The molecule has 2 aromatic rings. The average Bonchev–Trinajstić information content (AvgIpc) is 2.56. The van der Waals surface area contributed by atoms with E-state index in [1.165, 1.54) is 12.3 Å². The predicted molar refractivity (Wildman–Crippen MR) is 94.7 cm³/mol. The lowest BCUT2D eigenvalue weighted by molar-refractivity contribution is -0.119. The maximum absolute atomic E-state index is 11.7. The fraction of sp³-hybridized carbons (Fsp3) is 0.222. The number of aromatic hydroxyl groups is 1. The van der Waals surface area contributed by atoms with E-state index in [1.54, 1.807) is 12.1 Å². The van der Waals surface area contributed by atoms with Crippen LogP contribution in [0.3, 0.4) is 0 Å². The van der Waals surface area contributed by atoms with E-state index in [2.05, 4.69) is 15.8 Å². The Morgan fingerprint density at radius 1 is 1.25 bits per heavy atom. The summed E-state index contributed by atoms with van der Waals surface area (Å²) in [4.78, 5) is 11.7. The van der Waals surface area contributed by atoms with Crippen LogP contribution in [0.4, 0.5) is 5.69 Å². The number of hydrogen-bond donors (Lipinski definition) is 3. The molecule has 0 aliphatic heterocycles. The third-order valence-electron chi connectivity index (χ3n) is 3.21. The number of hydrogen-bond acceptors (Lipinski definition) is 5. The second-order valence-corrected chi connectivity index (χ2v) is 5.17. The number of hydrazone groups is 1. The third kappa shape index (κ3) is 5.31. The molecule has 0 fully saturated rings. The molecule has 0 saturated carbocycles. The van der Waals surface area contributed by atoms with Crippen molar-refractivity contribution < 1.29 is 14.6 Å². The quantitative estimate of drug-likeness (QED) is 0.539. The fourth-order valence-electron chi connectivity index (χ4n) is 1.96. The molecule has 0 aliphatic rings. The van der Waals surface area contributed by atoms with Crippen LogP contribution >= 0.6 is 0 Å². The number of rotatable bonds is 7. The lowest BCUT2D eigenvalue weighted by atomic mass is 10.2. The van der Waals surface area contributed by atoms with Crippen LogP contribution in [-0.2, 0) is 4.79 Å². The Kier molecular flexibility index (Phi) is 6.19. The summed E-state index contributed by atoms with van der Waals surface area (Å²) in [5.41, 5.74) is 4.92. The largest absolute Gasteiger partial charge is 0.507 e. The van der Waals surface area contributed by atoms with Gasteiger partial charge in [0.2, 0.25) is 0 Å². The van der Waals surface area contributed by atoms with Gasteiger partial charge in [-0.25, -0.2) is 5.43 Å². The van der Waals surface area contributed by atoms with Crippen molar-refractivity contribution in [1.82, 2.24) is 5.43 Å². The Morgan fingerprint density at radius 3 is 2.67 bits per heavy atom. The molecule has 0 spiro atoms. The van der Waals surface area contributed by atoms with E-state index >= 15 is 0 Å². The topological polar surface area (TPSA) is 83.0 Å². The number of ether oxygens (including phenoxy) is 1. The molecule has 0 bridgehead atoms. The van der Waals surface area contributed by atoms with Crippen molar-refractivity contribution in [3.8, 4) is 11.5 Å². The Morgan fingerprint density at radius 2 is 2.00 bits per heavy atom. The van der Waals surface area contributed by atoms with Gasteiger partial charge in [0.15, 0.2) is 0 Å². The van der Waals surface area contributed by atoms with Crippen molar-refractivity contribution in [1.29, 1.82) is 0 Å². The zero-order chi connectivity index (χ0) is 17.4. The summed E-state index contributed by atoms with van der Waals surface area (Å²) < 4.78 is 5.28. The first-order chi connectivity index (χ1) is 11.6. The van der Waals surface area contributed by atoms with Crippen LogP contribution < -0.4 is 15.5 Å². The maximum Gasteiger partial charge on any atom is 0.259 e. The summed E-state index contributed by atoms with van der Waals surface area (Å²) in [6.07, 6.45) is 1.38. The molecule has 0 aromatic heterocycles. The summed E-state index contributed by atoms with van der Waals surface area (Å²) in [7, 11) is 0. The molecule has 0 saturated heterocycles. The normalized spacial score (nSPS) is 10.6. The number of carbonyl (C=O) groups excluding carboxylic acids is 1. The van der Waals surface area contributed by atoms with E-state index in [4.69, 9.17) is 4.74 Å². The lowest BCUT2D eigenvalue weighted by Gasteiger charge is -2.06. The van der Waals surface area contributed by atoms with Gasteiger partial charge in [0, 0.05) is 17.3 Å². The number of phenolic OH excluding ortho intramolecular Hbond substituents is 1. The van der Waals surface area contributed by atoms with Gasteiger partial charge in [-0.15, -0.1) is 0 Å². The molecule has 0 heterocycles. The summed E-state index contributed by atoms with van der Waals surface area (Å²) in [5, 5.41) is 16.7. The number of aryl methyl sites for hydroxylation is 1. The van der Waals surface area contributed by atoms with Gasteiger partial charge in [0.1, 0.15) is 11.5 Å². The SMILES string of the molecule is CCOc1ccc(/C=N/NC(=O)CNc2ccc(C)cc2)c(O)c1. The summed E-state index contributed by atoms with van der Waals surface area (Å²) in [5.74, 6) is 0.340. The number of nitrogens with zero attached hydrogens (tertiary/aromatic N) is 1. The molecule has 0 atom stereocenters. The smallest absolute Gasteiger partial charge is 0.259 e. The van der Waals surface area contributed by atoms with E-state index in [-0.39, 0.29) is 18.2 Å². The maximum atomic E-state index is 11.7. The molecule has 6 heteroatoms. The standard InChI is InChI=1S/C18H21N3O3/c1-3-24-16-9-6-14(17(22)10-16)11-20-21-18(23)12-19-15-7-4-13(2)5-8-15/h4-11,19,22H,3,12H2,1-2H3,(H,21,23)/b20-11+. The molecular formula is C18H21N3O3. The number of amides is 1. The number of benzene rings is 2. The van der Waals surface area contributed by atoms with Crippen molar-refractivity contribution >= 4 is 17.8 Å². The first-order valence-corrected chi connectivity index (χ1v) is 7.66. The predicted octanol–water partition coefficient (Wildman–Crippen LogP) is 2.66. The van der Waals surface area contributed by atoms with Crippen LogP contribution in [0, 0.1) is 6.92 Å². The van der Waals surface area contributed by atoms with Gasteiger partial charge in [0.25, 0.3) is 5.91 Å². The highest BCUT2D eigenvalue weighted by molar-refractivity contribution is 5.86. The molecule has 2 aromatic carbocycles. The van der Waals surface area contributed by atoms with Gasteiger partial charge in [-0.1, -0.05) is 17.7 Å². The van der Waals surface area contributed by atoms with Gasteiger partial charge in [-0.3, -0.25) is 4.79 Å². The minimum atomic E-state index is -0.280. The summed E-state index contributed by atoms with van der Waals surface area (Å²) in [6.45, 7) is 4.50. The van der Waals surface area contributed by atoms with Crippen LogP contribution in [0.25, 0.3) is 0 Å². The van der Waals surface area contributed by atoms with Crippen LogP contribution in [0.15, 0.2) is 47.6 Å². The second kappa shape index (κ2) is 8.57. The van der Waals surface area contributed by atoms with Crippen molar-refractivity contribution in [3.05, 3.63) is 53.6 Å². The van der Waals surface area contributed by atoms with E-state index in [9.17, 15) is 9.90 Å². The van der Waals surface area contributed by atoms with Gasteiger partial charge in [-0.05, 0) is 38.1 Å². The Balaban J connectivity index is 1.82. The highest BCUT2D eigenvalue weighted by Crippen LogP contribution is 2.22. The van der Waals surface area contributed by atoms with Crippen LogP contribution in [0.1, 0.15) is 18.1 Å². The summed E-state index contributed by atoms with van der Waals surface area (Å²) in [6, 6.07) is 12.6. The van der Waals surface area contributed by atoms with Crippen molar-refractivity contribution in [3.63, 3.8) is 0 Å². The first kappa shape index (κ1) is 17.3. The fourth-order valence-corrected chi connectivity index (χ4v) is 1.96. The van der Waals surface area contributed by atoms with E-state index < -0.39 is 0 Å². The minimum Gasteiger partial charge on any atom is -0.507 e. The average molecular weight is 327 g/mol. The van der Waals surface area contributed by atoms with Crippen LogP contribution in [0.5, 0.6) is 11.5 Å². The molecule has 1 amide bonds. The molecule has 126 valence electrons. The molecule has 6 nitrogen and oxygen atoms in total. The number of carbonyl (C=O) groups is 1. The molecule has 0 unspecified atom stereocenters. The van der Waals surface area contributed by atoms with E-state index in [1.807, 2.05) is 38.1 Å².